The van der Waals surface area contributed by atoms with Gasteiger partial charge in [-0.1, -0.05) is 47.1 Å². The van der Waals surface area contributed by atoms with Gasteiger partial charge in [0.25, 0.3) is 0 Å². The topological polar surface area (TPSA) is 69.6 Å². The second-order valence-electron chi connectivity index (χ2n) is 5.16. The Labute approximate surface area is 161 Å². The van der Waals surface area contributed by atoms with Gasteiger partial charge in [0.05, 0.1) is 21.0 Å². The summed E-state index contributed by atoms with van der Waals surface area (Å²) in [6.45, 7) is 0. The normalized spacial score (nSPS) is 11.3. The number of benzene rings is 2. The summed E-state index contributed by atoms with van der Waals surface area (Å²) < 4.78 is 2.61. The molecule has 2 aromatic heterocycles. The fourth-order valence-electron chi connectivity index (χ4n) is 2.34. The first-order valence-corrected chi connectivity index (χ1v) is 9.81. The minimum Gasteiger partial charge on any atom is -0.335 e. The molecule has 0 aliphatic rings. The highest BCUT2D eigenvalue weighted by Gasteiger charge is 2.16. The number of hydrogen-bond donors (Lipinski definition) is 1. The van der Waals surface area contributed by atoms with E-state index in [1.54, 1.807) is 29.5 Å². The zero-order valence-electron chi connectivity index (χ0n) is 12.7. The van der Waals surface area contributed by atoms with E-state index in [2.05, 4.69) is 21.2 Å². The summed E-state index contributed by atoms with van der Waals surface area (Å²) in [6, 6.07) is 13.2. The quantitative estimate of drug-likeness (QED) is 0.386. The Morgan fingerprint density at radius 3 is 2.76 bits per heavy atom. The van der Waals surface area contributed by atoms with Crippen LogP contribution in [-0.4, -0.2) is 19.9 Å². The summed E-state index contributed by atoms with van der Waals surface area (Å²) in [4.78, 5) is 4.61. The Hall–Kier alpha value is -1.80. The molecule has 5 nitrogen and oxygen atoms in total. The smallest absolute Gasteiger partial charge is 0.210 e. The minimum absolute atomic E-state index is 0.481. The fraction of sp³-hybridized carbons (Fsp3) is 0.0625. The number of fused-ring (bicyclic) bond motifs is 1. The monoisotopic (exact) mass is 407 g/mol. The van der Waals surface area contributed by atoms with Crippen molar-refractivity contribution in [1.29, 1.82) is 0 Å². The maximum absolute atomic E-state index is 6.23. The van der Waals surface area contributed by atoms with Gasteiger partial charge in [0.1, 0.15) is 5.01 Å². The van der Waals surface area contributed by atoms with Crippen LogP contribution in [0.1, 0.15) is 5.01 Å². The highest BCUT2D eigenvalue weighted by Crippen LogP contribution is 2.32. The van der Waals surface area contributed by atoms with Gasteiger partial charge in [0.15, 0.2) is 5.82 Å². The molecule has 4 aromatic rings. The molecule has 0 bridgehead atoms. The van der Waals surface area contributed by atoms with Gasteiger partial charge in [-0.05, 0) is 30.3 Å². The molecule has 4 rings (SSSR count). The lowest BCUT2D eigenvalue weighted by Gasteiger charge is -2.05. The van der Waals surface area contributed by atoms with Crippen molar-refractivity contribution in [3.8, 4) is 11.4 Å². The van der Waals surface area contributed by atoms with Crippen LogP contribution in [0.2, 0.25) is 10.0 Å². The minimum atomic E-state index is 0.481. The van der Waals surface area contributed by atoms with E-state index in [0.29, 0.717) is 32.3 Å². The van der Waals surface area contributed by atoms with Crippen molar-refractivity contribution < 1.29 is 0 Å². The van der Waals surface area contributed by atoms with E-state index in [9.17, 15) is 0 Å². The molecule has 0 saturated carbocycles. The van der Waals surface area contributed by atoms with Gasteiger partial charge in [-0.25, -0.2) is 9.66 Å². The molecule has 0 fully saturated rings. The molecule has 2 aromatic carbocycles. The first-order valence-electron chi connectivity index (χ1n) is 7.25. The Balaban J connectivity index is 1.56. The maximum Gasteiger partial charge on any atom is 0.210 e. The molecule has 25 heavy (non-hydrogen) atoms. The lowest BCUT2D eigenvalue weighted by Crippen LogP contribution is -2.11. The lowest BCUT2D eigenvalue weighted by atomic mass is 10.2. The third-order valence-electron chi connectivity index (χ3n) is 3.50. The third kappa shape index (κ3) is 3.32. The SMILES string of the molecule is Nn1c(SCc2nc3ccccc3s2)nnc1-c1ccc(Cl)cc1Cl. The van der Waals surface area contributed by atoms with Crippen molar-refractivity contribution in [3.05, 3.63) is 57.5 Å². The van der Waals surface area contributed by atoms with Crippen molar-refractivity contribution in [2.75, 3.05) is 5.84 Å². The molecule has 9 heteroatoms. The largest absolute Gasteiger partial charge is 0.335 e. The highest BCUT2D eigenvalue weighted by atomic mass is 35.5. The molecule has 0 unspecified atom stereocenters. The predicted molar refractivity (Wildman–Crippen MR) is 105 cm³/mol. The van der Waals surface area contributed by atoms with Crippen molar-refractivity contribution in [3.63, 3.8) is 0 Å². The standard InChI is InChI=1S/C16H11Cl2N5S2/c17-9-5-6-10(11(18)7-9)15-21-22-16(23(15)19)24-8-14-20-12-3-1-2-4-13(12)25-14/h1-7H,8,19H2. The number of aromatic nitrogens is 4. The Kier molecular flexibility index (Phi) is 4.56. The van der Waals surface area contributed by atoms with Crippen LogP contribution in [0.5, 0.6) is 0 Å². The van der Waals surface area contributed by atoms with Gasteiger partial charge in [-0.15, -0.1) is 21.5 Å². The van der Waals surface area contributed by atoms with Gasteiger partial charge in [0, 0.05) is 10.6 Å². The summed E-state index contributed by atoms with van der Waals surface area (Å²) in [5.74, 6) is 7.31. The van der Waals surface area contributed by atoms with Gasteiger partial charge >= 0.3 is 0 Å². The molecule has 2 heterocycles. The Morgan fingerprint density at radius 1 is 1.12 bits per heavy atom. The highest BCUT2D eigenvalue weighted by molar-refractivity contribution is 7.98. The predicted octanol–water partition coefficient (Wildman–Crippen LogP) is 4.87. The molecular formula is C16H11Cl2N5S2. The average molecular weight is 408 g/mol. The van der Waals surface area contributed by atoms with E-state index in [4.69, 9.17) is 29.0 Å². The van der Waals surface area contributed by atoms with Crippen LogP contribution in [0.15, 0.2) is 47.6 Å². The summed E-state index contributed by atoms with van der Waals surface area (Å²) >= 11 is 15.3. The first-order chi connectivity index (χ1) is 12.1. The van der Waals surface area contributed by atoms with Gasteiger partial charge < -0.3 is 5.84 Å². The van der Waals surface area contributed by atoms with Crippen molar-refractivity contribution >= 4 is 56.5 Å². The van der Waals surface area contributed by atoms with E-state index >= 15 is 0 Å². The van der Waals surface area contributed by atoms with Gasteiger partial charge in [-0.2, -0.15) is 0 Å². The van der Waals surface area contributed by atoms with Crippen LogP contribution in [0.25, 0.3) is 21.6 Å². The number of thiazole rings is 1. The lowest BCUT2D eigenvalue weighted by molar-refractivity contribution is 0.849. The molecule has 0 spiro atoms. The number of nitrogens with zero attached hydrogens (tertiary/aromatic N) is 4. The Morgan fingerprint density at radius 2 is 1.96 bits per heavy atom. The second kappa shape index (κ2) is 6.84. The van der Waals surface area contributed by atoms with E-state index in [1.165, 1.54) is 21.1 Å². The molecule has 2 N–H and O–H groups in total. The zero-order valence-corrected chi connectivity index (χ0v) is 15.8. The first kappa shape index (κ1) is 16.7. The number of nitrogens with two attached hydrogens (primary N) is 1. The number of hydrogen-bond acceptors (Lipinski definition) is 6. The molecule has 0 aliphatic heterocycles. The van der Waals surface area contributed by atoms with Crippen LogP contribution >= 0.6 is 46.3 Å². The molecule has 0 aliphatic carbocycles. The summed E-state index contributed by atoms with van der Waals surface area (Å²) in [5, 5.41) is 11.0. The fourth-order valence-corrected chi connectivity index (χ4v) is 4.65. The summed E-state index contributed by atoms with van der Waals surface area (Å²) in [7, 11) is 0. The molecule has 0 saturated heterocycles. The van der Waals surface area contributed by atoms with E-state index in [0.717, 1.165) is 10.5 Å². The zero-order chi connectivity index (χ0) is 17.4. The maximum atomic E-state index is 6.23. The Bertz CT molecular complexity index is 1030. The summed E-state index contributed by atoms with van der Waals surface area (Å²) in [6.07, 6.45) is 0. The van der Waals surface area contributed by atoms with Gasteiger partial charge in [-0.3, -0.25) is 0 Å². The summed E-state index contributed by atoms with van der Waals surface area (Å²) in [5.41, 5.74) is 1.69. The van der Waals surface area contributed by atoms with Crippen molar-refractivity contribution in [2.45, 2.75) is 10.9 Å². The van der Waals surface area contributed by atoms with Crippen LogP contribution < -0.4 is 5.84 Å². The van der Waals surface area contributed by atoms with Gasteiger partial charge in [0.2, 0.25) is 5.16 Å². The van der Waals surface area contributed by atoms with Crippen molar-refractivity contribution in [2.24, 2.45) is 0 Å². The molecule has 0 amide bonds. The molecule has 0 atom stereocenters. The second-order valence-corrected chi connectivity index (χ2v) is 8.07. The van der Waals surface area contributed by atoms with Crippen LogP contribution in [0.3, 0.4) is 0 Å². The number of nitrogen functional groups attached to an aromatic ring is 1. The van der Waals surface area contributed by atoms with E-state index in [1.807, 2.05) is 18.2 Å². The number of para-hydroxylation sites is 1. The molecule has 0 radical (unpaired) electrons. The van der Waals surface area contributed by atoms with E-state index in [-0.39, 0.29) is 0 Å². The van der Waals surface area contributed by atoms with Crippen LogP contribution in [0.4, 0.5) is 0 Å². The number of rotatable bonds is 4. The van der Waals surface area contributed by atoms with Crippen molar-refractivity contribution in [1.82, 2.24) is 19.9 Å². The van der Waals surface area contributed by atoms with Crippen LogP contribution in [-0.2, 0) is 5.75 Å². The number of thioether (sulfide) groups is 1. The molecule has 126 valence electrons. The van der Waals surface area contributed by atoms with Crippen LogP contribution in [0, 0.1) is 0 Å². The molecular weight excluding hydrogens is 397 g/mol. The average Bonchev–Trinajstić information content (AvgIpc) is 3.16. The van der Waals surface area contributed by atoms with E-state index < -0.39 is 0 Å². The number of halogens is 2. The third-order valence-corrected chi connectivity index (χ3v) is 6.22.